The van der Waals surface area contributed by atoms with Crippen molar-refractivity contribution in [1.82, 2.24) is 15.2 Å². The molecule has 0 fully saturated rings. The third-order valence-electron chi connectivity index (χ3n) is 5.94. The number of sulfonamides is 1. The molecule has 0 amide bonds. The zero-order valence-electron chi connectivity index (χ0n) is 18.9. The topological polar surface area (TPSA) is 94.1 Å². The van der Waals surface area contributed by atoms with E-state index in [0.717, 1.165) is 18.2 Å². The molecule has 7 nitrogen and oxygen atoms in total. The summed E-state index contributed by atoms with van der Waals surface area (Å²) in [4.78, 5) is 3.52. The molecular formula is C25H18F4N4O3S. The molecule has 1 atom stereocenters. The second kappa shape index (κ2) is 9.43. The molecule has 1 aliphatic rings. The molecule has 190 valence electrons. The van der Waals surface area contributed by atoms with Crippen molar-refractivity contribution in [3.63, 3.8) is 0 Å². The fourth-order valence-corrected chi connectivity index (χ4v) is 5.25. The third-order valence-corrected chi connectivity index (χ3v) is 7.29. The Morgan fingerprint density at radius 2 is 1.81 bits per heavy atom. The highest BCUT2D eigenvalue weighted by Gasteiger charge is 2.33. The lowest BCUT2D eigenvalue weighted by molar-refractivity contribution is -0.137. The minimum absolute atomic E-state index is 0.0429. The number of rotatable bonds is 5. The number of hydrogen-bond donors (Lipinski definition) is 1. The van der Waals surface area contributed by atoms with E-state index in [9.17, 15) is 26.0 Å². The van der Waals surface area contributed by atoms with Crippen molar-refractivity contribution in [2.45, 2.75) is 23.4 Å². The Labute approximate surface area is 209 Å². The fourth-order valence-electron chi connectivity index (χ4n) is 4.23. The number of nitrogens with zero attached hydrogens (tertiary/aromatic N) is 3. The van der Waals surface area contributed by atoms with Crippen LogP contribution in [0.3, 0.4) is 0 Å². The molecule has 0 bridgehead atoms. The maximum Gasteiger partial charge on any atom is 0.416 e. The molecule has 1 unspecified atom stereocenters. The zero-order valence-corrected chi connectivity index (χ0v) is 19.7. The number of aromatic nitrogens is 3. The first-order chi connectivity index (χ1) is 17.6. The summed E-state index contributed by atoms with van der Waals surface area (Å²) in [5.74, 6) is -0.823. The SMILES string of the molecule is O=S(=O)(Nc1cccnn1)c1ccc2c(c1)OCCC2c1ccc(C(F)(F)F)cc1-c1ccc(F)nc1. The molecule has 1 N–H and O–H groups in total. The van der Waals surface area contributed by atoms with Crippen LogP contribution >= 0.6 is 0 Å². The van der Waals surface area contributed by atoms with E-state index in [0.29, 0.717) is 28.9 Å². The number of ether oxygens (including phenoxy) is 1. The molecule has 0 spiro atoms. The molecule has 1 aliphatic heterocycles. The monoisotopic (exact) mass is 530 g/mol. The lowest BCUT2D eigenvalue weighted by Crippen LogP contribution is -2.19. The van der Waals surface area contributed by atoms with Crippen LogP contribution in [0, 0.1) is 5.95 Å². The van der Waals surface area contributed by atoms with Gasteiger partial charge in [0.05, 0.1) is 17.1 Å². The maximum atomic E-state index is 13.5. The summed E-state index contributed by atoms with van der Waals surface area (Å²) in [5, 5.41) is 7.35. The molecule has 3 heterocycles. The van der Waals surface area contributed by atoms with Crippen LogP contribution < -0.4 is 9.46 Å². The van der Waals surface area contributed by atoms with Crippen molar-refractivity contribution in [1.29, 1.82) is 0 Å². The Balaban J connectivity index is 1.56. The first kappa shape index (κ1) is 24.6. The normalized spacial score (nSPS) is 15.5. The van der Waals surface area contributed by atoms with Crippen LogP contribution in [-0.2, 0) is 16.2 Å². The van der Waals surface area contributed by atoms with Crippen molar-refractivity contribution in [3.05, 3.63) is 95.7 Å². The Kier molecular flexibility index (Phi) is 6.28. The largest absolute Gasteiger partial charge is 0.493 e. The van der Waals surface area contributed by atoms with Gasteiger partial charge in [-0.25, -0.2) is 13.4 Å². The van der Waals surface area contributed by atoms with Crippen molar-refractivity contribution in [3.8, 4) is 16.9 Å². The van der Waals surface area contributed by atoms with Crippen LogP contribution in [-0.4, -0.2) is 30.2 Å². The van der Waals surface area contributed by atoms with Gasteiger partial charge >= 0.3 is 6.18 Å². The van der Waals surface area contributed by atoms with Gasteiger partial charge < -0.3 is 4.74 Å². The highest BCUT2D eigenvalue weighted by molar-refractivity contribution is 7.92. The molecule has 0 saturated carbocycles. The predicted octanol–water partition coefficient (Wildman–Crippen LogP) is 5.41. The van der Waals surface area contributed by atoms with Crippen LogP contribution in [0.15, 0.2) is 78.0 Å². The number of benzene rings is 2. The molecule has 0 aliphatic carbocycles. The summed E-state index contributed by atoms with van der Waals surface area (Å²) in [6.07, 6.45) is -1.55. The Morgan fingerprint density at radius 1 is 1.00 bits per heavy atom. The average molecular weight is 531 g/mol. The van der Waals surface area contributed by atoms with Crippen molar-refractivity contribution < 1.29 is 30.7 Å². The van der Waals surface area contributed by atoms with E-state index < -0.39 is 33.6 Å². The Hall–Kier alpha value is -4.06. The smallest absolute Gasteiger partial charge is 0.416 e. The van der Waals surface area contributed by atoms with Gasteiger partial charge in [0.15, 0.2) is 5.82 Å². The number of anilines is 1. The van der Waals surface area contributed by atoms with E-state index >= 15 is 0 Å². The van der Waals surface area contributed by atoms with Gasteiger partial charge in [0.2, 0.25) is 5.95 Å². The van der Waals surface area contributed by atoms with E-state index in [1.165, 1.54) is 48.8 Å². The molecule has 5 rings (SSSR count). The van der Waals surface area contributed by atoms with Crippen LogP contribution in [0.5, 0.6) is 5.75 Å². The summed E-state index contributed by atoms with van der Waals surface area (Å²) >= 11 is 0. The number of fused-ring (bicyclic) bond motifs is 1. The summed E-state index contributed by atoms with van der Waals surface area (Å²) < 4.78 is 87.7. The van der Waals surface area contributed by atoms with E-state index in [1.807, 2.05) is 0 Å². The zero-order chi connectivity index (χ0) is 26.2. The second-order valence-electron chi connectivity index (χ2n) is 8.27. The van der Waals surface area contributed by atoms with Gasteiger partial charge in [0.25, 0.3) is 10.0 Å². The van der Waals surface area contributed by atoms with E-state index in [2.05, 4.69) is 19.9 Å². The van der Waals surface area contributed by atoms with Gasteiger partial charge in [-0.1, -0.05) is 12.1 Å². The lowest BCUT2D eigenvalue weighted by Gasteiger charge is -2.29. The van der Waals surface area contributed by atoms with Crippen LogP contribution in [0.25, 0.3) is 11.1 Å². The van der Waals surface area contributed by atoms with Gasteiger partial charge in [0.1, 0.15) is 5.75 Å². The van der Waals surface area contributed by atoms with Crippen LogP contribution in [0.4, 0.5) is 23.4 Å². The van der Waals surface area contributed by atoms with Crippen molar-refractivity contribution in [2.75, 3.05) is 11.3 Å². The number of pyridine rings is 1. The molecule has 37 heavy (non-hydrogen) atoms. The minimum Gasteiger partial charge on any atom is -0.493 e. The Bertz CT molecular complexity index is 1550. The van der Waals surface area contributed by atoms with Crippen molar-refractivity contribution >= 4 is 15.8 Å². The van der Waals surface area contributed by atoms with Gasteiger partial charge in [-0.3, -0.25) is 4.72 Å². The van der Waals surface area contributed by atoms with Crippen molar-refractivity contribution in [2.24, 2.45) is 0 Å². The summed E-state index contributed by atoms with van der Waals surface area (Å²) in [6.45, 7) is 0.209. The molecule has 2 aromatic heterocycles. The maximum absolute atomic E-state index is 13.5. The number of alkyl halides is 3. The molecule has 2 aromatic carbocycles. The van der Waals surface area contributed by atoms with Crippen LogP contribution in [0.1, 0.15) is 29.0 Å². The highest BCUT2D eigenvalue weighted by Crippen LogP contribution is 2.44. The summed E-state index contributed by atoms with van der Waals surface area (Å²) in [7, 11) is -4.01. The van der Waals surface area contributed by atoms with E-state index in [4.69, 9.17) is 4.74 Å². The van der Waals surface area contributed by atoms with Crippen LogP contribution in [0.2, 0.25) is 0 Å². The lowest BCUT2D eigenvalue weighted by atomic mass is 9.82. The quantitative estimate of drug-likeness (QED) is 0.274. The number of nitrogens with one attached hydrogen (secondary N) is 1. The van der Waals surface area contributed by atoms with Gasteiger partial charge in [-0.15, -0.1) is 5.10 Å². The number of halogens is 4. The first-order valence-corrected chi connectivity index (χ1v) is 12.5. The third kappa shape index (κ3) is 5.10. The molecule has 12 heteroatoms. The van der Waals surface area contributed by atoms with E-state index in [-0.39, 0.29) is 22.9 Å². The molecule has 4 aromatic rings. The second-order valence-corrected chi connectivity index (χ2v) is 9.96. The van der Waals surface area contributed by atoms with Gasteiger partial charge in [0, 0.05) is 35.5 Å². The summed E-state index contributed by atoms with van der Waals surface area (Å²) in [6, 6.07) is 13.2. The minimum atomic E-state index is -4.58. The van der Waals surface area contributed by atoms with Gasteiger partial charge in [-0.2, -0.15) is 22.7 Å². The molecular weight excluding hydrogens is 512 g/mol. The number of hydrogen-bond acceptors (Lipinski definition) is 6. The predicted molar refractivity (Wildman–Crippen MR) is 126 cm³/mol. The average Bonchev–Trinajstić information content (AvgIpc) is 2.88. The fraction of sp³-hybridized carbons (Fsp3) is 0.160. The highest BCUT2D eigenvalue weighted by atomic mass is 32.2. The molecule has 0 radical (unpaired) electrons. The van der Waals surface area contributed by atoms with Gasteiger partial charge in [-0.05, 0) is 60.0 Å². The van der Waals surface area contributed by atoms with E-state index in [1.54, 1.807) is 6.07 Å². The first-order valence-electron chi connectivity index (χ1n) is 11.0. The standard InChI is InChI=1S/C25H18F4N4O3S/c26-23-8-3-15(14-30-23)21-12-16(25(27,28)29)4-6-18(21)19-9-11-36-22-13-17(5-7-20(19)22)37(34,35)33-24-2-1-10-31-32-24/h1-8,10,12-14,19H,9,11H2,(H,32,33). The Morgan fingerprint density at radius 3 is 2.51 bits per heavy atom. The summed E-state index contributed by atoms with van der Waals surface area (Å²) in [5.41, 5.74) is 0.892. The molecule has 0 saturated heterocycles.